The zero-order valence-corrected chi connectivity index (χ0v) is 5.40. The molecule has 0 fully saturated rings. The molecule has 0 N–H and O–H groups in total. The molecule has 0 unspecified atom stereocenters. The second kappa shape index (κ2) is 4.13. The van der Waals surface area contributed by atoms with E-state index in [0.29, 0.717) is 6.10 Å². The van der Waals surface area contributed by atoms with Crippen LogP contribution in [-0.2, 0) is 4.74 Å². The van der Waals surface area contributed by atoms with Crippen LogP contribution in [0.25, 0.3) is 0 Å². The van der Waals surface area contributed by atoms with E-state index in [1.807, 2.05) is 6.92 Å². The van der Waals surface area contributed by atoms with E-state index in [4.69, 9.17) is 4.74 Å². The fourth-order valence-corrected chi connectivity index (χ4v) is 0.402. The van der Waals surface area contributed by atoms with Crippen molar-refractivity contribution in [3.63, 3.8) is 0 Å². The standard InChI is InChI=1S/C6H14O/c1-4-6(3)7-5-2/h6H,4-5H2,1-3H3/t6-/m0/s1. The van der Waals surface area contributed by atoms with Crippen molar-refractivity contribution in [2.24, 2.45) is 0 Å². The fraction of sp³-hybridized carbons (Fsp3) is 1.00. The smallest absolute Gasteiger partial charge is 0.0544 e. The van der Waals surface area contributed by atoms with Crippen LogP contribution in [0.15, 0.2) is 0 Å². The lowest BCUT2D eigenvalue weighted by Crippen LogP contribution is -2.04. The van der Waals surface area contributed by atoms with Crippen LogP contribution in [0, 0.1) is 0 Å². The molecule has 1 nitrogen and oxygen atoms in total. The van der Waals surface area contributed by atoms with Crippen molar-refractivity contribution in [2.45, 2.75) is 33.3 Å². The van der Waals surface area contributed by atoms with Crippen LogP contribution in [0.1, 0.15) is 27.2 Å². The van der Waals surface area contributed by atoms with Crippen LogP contribution in [0.3, 0.4) is 0 Å². The lowest BCUT2D eigenvalue weighted by atomic mass is 10.3. The Kier molecular flexibility index (Phi) is 4.10. The Balaban J connectivity index is 2.83. The average molecular weight is 102 g/mol. The van der Waals surface area contributed by atoms with Crippen LogP contribution in [-0.4, -0.2) is 12.7 Å². The maximum absolute atomic E-state index is 5.19. The molecule has 0 aliphatic carbocycles. The molecule has 0 aliphatic heterocycles. The summed E-state index contributed by atoms with van der Waals surface area (Å²) in [6.07, 6.45) is 1.57. The van der Waals surface area contributed by atoms with Crippen molar-refractivity contribution in [1.82, 2.24) is 0 Å². The molecule has 1 heteroatoms. The van der Waals surface area contributed by atoms with Crippen LogP contribution in [0.2, 0.25) is 0 Å². The van der Waals surface area contributed by atoms with E-state index in [1.54, 1.807) is 0 Å². The normalized spacial score (nSPS) is 14.1. The molecule has 0 radical (unpaired) electrons. The van der Waals surface area contributed by atoms with Gasteiger partial charge in [-0.2, -0.15) is 0 Å². The van der Waals surface area contributed by atoms with E-state index >= 15 is 0 Å². The van der Waals surface area contributed by atoms with Gasteiger partial charge in [0.1, 0.15) is 0 Å². The van der Waals surface area contributed by atoms with Gasteiger partial charge in [0.2, 0.25) is 0 Å². The highest BCUT2D eigenvalue weighted by Gasteiger charge is 1.91. The molecule has 7 heavy (non-hydrogen) atoms. The van der Waals surface area contributed by atoms with Crippen LogP contribution >= 0.6 is 0 Å². The molecular formula is C6H14O. The van der Waals surface area contributed by atoms with Gasteiger partial charge in [-0.1, -0.05) is 6.92 Å². The first kappa shape index (κ1) is 6.96. The van der Waals surface area contributed by atoms with Crippen LogP contribution in [0.5, 0.6) is 0 Å². The molecule has 0 heterocycles. The molecule has 0 spiro atoms. The van der Waals surface area contributed by atoms with E-state index < -0.39 is 0 Å². The first-order valence-electron chi connectivity index (χ1n) is 2.92. The van der Waals surface area contributed by atoms with Gasteiger partial charge in [0.05, 0.1) is 6.10 Å². The van der Waals surface area contributed by atoms with E-state index in [2.05, 4.69) is 13.8 Å². The maximum Gasteiger partial charge on any atom is 0.0544 e. The zero-order chi connectivity index (χ0) is 5.70. The van der Waals surface area contributed by atoms with Gasteiger partial charge in [-0.25, -0.2) is 0 Å². The quantitative estimate of drug-likeness (QED) is 0.528. The predicted octanol–water partition coefficient (Wildman–Crippen LogP) is 1.82. The molecule has 0 aromatic rings. The molecule has 0 saturated carbocycles. The highest BCUT2D eigenvalue weighted by Crippen LogP contribution is 1.92. The highest BCUT2D eigenvalue weighted by molar-refractivity contribution is 4.40. The zero-order valence-electron chi connectivity index (χ0n) is 5.40. The van der Waals surface area contributed by atoms with Gasteiger partial charge < -0.3 is 4.74 Å². The Morgan fingerprint density at radius 1 is 1.43 bits per heavy atom. The van der Waals surface area contributed by atoms with E-state index in [0.717, 1.165) is 13.0 Å². The topological polar surface area (TPSA) is 9.23 Å². The summed E-state index contributed by atoms with van der Waals surface area (Å²) in [5, 5.41) is 0. The largest absolute Gasteiger partial charge is 0.379 e. The molecule has 0 aromatic carbocycles. The summed E-state index contributed by atoms with van der Waals surface area (Å²) in [7, 11) is 0. The van der Waals surface area contributed by atoms with Crippen molar-refractivity contribution in [3.8, 4) is 0 Å². The van der Waals surface area contributed by atoms with Crippen LogP contribution < -0.4 is 0 Å². The Morgan fingerprint density at radius 2 is 2.00 bits per heavy atom. The van der Waals surface area contributed by atoms with Gasteiger partial charge >= 0.3 is 0 Å². The van der Waals surface area contributed by atoms with Crippen molar-refractivity contribution in [2.75, 3.05) is 6.61 Å². The highest BCUT2D eigenvalue weighted by atomic mass is 16.5. The van der Waals surface area contributed by atoms with Gasteiger partial charge in [0.25, 0.3) is 0 Å². The third kappa shape index (κ3) is 3.80. The average Bonchev–Trinajstić information content (AvgIpc) is 1.68. The molecule has 0 saturated heterocycles. The summed E-state index contributed by atoms with van der Waals surface area (Å²) in [4.78, 5) is 0. The Bertz CT molecular complexity index is 35.2. The predicted molar refractivity (Wildman–Crippen MR) is 31.4 cm³/mol. The minimum absolute atomic E-state index is 0.449. The third-order valence-corrected chi connectivity index (χ3v) is 1.03. The van der Waals surface area contributed by atoms with Crippen molar-refractivity contribution >= 4 is 0 Å². The van der Waals surface area contributed by atoms with Gasteiger partial charge in [-0.05, 0) is 20.3 Å². The summed E-state index contributed by atoms with van der Waals surface area (Å²) in [5.41, 5.74) is 0. The molecule has 1 atom stereocenters. The van der Waals surface area contributed by atoms with Crippen molar-refractivity contribution in [1.29, 1.82) is 0 Å². The first-order valence-corrected chi connectivity index (χ1v) is 2.92. The Morgan fingerprint density at radius 3 is 2.14 bits per heavy atom. The molecule has 0 aromatic heterocycles. The number of rotatable bonds is 3. The molecule has 0 bridgehead atoms. The minimum atomic E-state index is 0.449. The van der Waals surface area contributed by atoms with Gasteiger partial charge in [0, 0.05) is 6.61 Å². The summed E-state index contributed by atoms with van der Waals surface area (Å²) < 4.78 is 5.19. The summed E-state index contributed by atoms with van der Waals surface area (Å²) >= 11 is 0. The van der Waals surface area contributed by atoms with E-state index in [9.17, 15) is 0 Å². The van der Waals surface area contributed by atoms with E-state index in [1.165, 1.54) is 0 Å². The molecule has 44 valence electrons. The van der Waals surface area contributed by atoms with Gasteiger partial charge in [-0.3, -0.25) is 0 Å². The fourth-order valence-electron chi connectivity index (χ4n) is 0.402. The Hall–Kier alpha value is -0.0400. The molecule has 0 amide bonds. The molecular weight excluding hydrogens is 88.1 g/mol. The first-order chi connectivity index (χ1) is 3.31. The van der Waals surface area contributed by atoms with Gasteiger partial charge in [-0.15, -0.1) is 0 Å². The minimum Gasteiger partial charge on any atom is -0.379 e. The SMILES string of the molecule is CCO[C@@H](C)CC. The molecule has 0 rings (SSSR count). The number of hydrogen-bond acceptors (Lipinski definition) is 1. The van der Waals surface area contributed by atoms with Crippen molar-refractivity contribution in [3.05, 3.63) is 0 Å². The monoisotopic (exact) mass is 102 g/mol. The lowest BCUT2D eigenvalue weighted by molar-refractivity contribution is 0.0739. The number of ether oxygens (including phenoxy) is 1. The second-order valence-electron chi connectivity index (χ2n) is 1.67. The molecule has 0 aliphatic rings. The van der Waals surface area contributed by atoms with Crippen molar-refractivity contribution < 1.29 is 4.74 Å². The summed E-state index contributed by atoms with van der Waals surface area (Å²) in [5.74, 6) is 0. The Labute approximate surface area is 45.7 Å². The van der Waals surface area contributed by atoms with Gasteiger partial charge in [0.15, 0.2) is 0 Å². The maximum atomic E-state index is 5.19. The second-order valence-corrected chi connectivity index (χ2v) is 1.67. The summed E-state index contributed by atoms with van der Waals surface area (Å²) in [6.45, 7) is 7.07. The third-order valence-electron chi connectivity index (χ3n) is 1.03. The van der Waals surface area contributed by atoms with E-state index in [-0.39, 0.29) is 0 Å². The van der Waals surface area contributed by atoms with Crippen LogP contribution in [0.4, 0.5) is 0 Å². The lowest BCUT2D eigenvalue weighted by Gasteiger charge is -2.05. The summed E-state index contributed by atoms with van der Waals surface area (Å²) in [6, 6.07) is 0. The number of hydrogen-bond donors (Lipinski definition) is 0.